The van der Waals surface area contributed by atoms with E-state index in [4.69, 9.17) is 15.9 Å². The number of ether oxygens (including phenoxy) is 1. The van der Waals surface area contributed by atoms with Crippen LogP contribution in [0.2, 0.25) is 0 Å². The molecule has 2 heterocycles. The van der Waals surface area contributed by atoms with Gasteiger partial charge < -0.3 is 30.2 Å². The number of nitrogens with zero attached hydrogens (tertiary/aromatic N) is 4. The standard InChI is InChI=1S/C33H32N6O2/c1-23(35)31-30(25-11-13-29(14-12-25)41-28-9-4-3-5-10-28)22-39(32(31)36)27-8-6-7-24(20-27)19-26(21-34)33(40)38-17-15-37(2)16-18-38/h3-14,19-20,22,35H,15-18,36H2,1-2H3. The Labute approximate surface area is 240 Å². The number of rotatable bonds is 7. The number of nitriles is 1. The number of nitrogens with one attached hydrogen (secondary N) is 1. The molecule has 0 aliphatic carbocycles. The molecule has 0 bridgehead atoms. The molecule has 1 aliphatic heterocycles. The topological polar surface area (TPSA) is 111 Å². The largest absolute Gasteiger partial charge is 0.457 e. The average molecular weight is 545 g/mol. The van der Waals surface area contributed by atoms with Gasteiger partial charge in [-0.2, -0.15) is 5.26 Å². The van der Waals surface area contributed by atoms with E-state index in [0.29, 0.717) is 41.5 Å². The van der Waals surface area contributed by atoms with Crippen LogP contribution in [0.1, 0.15) is 18.1 Å². The van der Waals surface area contributed by atoms with Crippen molar-refractivity contribution in [3.8, 4) is 34.4 Å². The molecule has 0 spiro atoms. The lowest BCUT2D eigenvalue weighted by Crippen LogP contribution is -2.47. The highest BCUT2D eigenvalue weighted by Crippen LogP contribution is 2.34. The third kappa shape index (κ3) is 6.06. The zero-order valence-corrected chi connectivity index (χ0v) is 23.2. The van der Waals surface area contributed by atoms with Crippen LogP contribution < -0.4 is 10.5 Å². The summed E-state index contributed by atoms with van der Waals surface area (Å²) in [6.45, 7) is 4.48. The number of hydrogen-bond donors (Lipinski definition) is 2. The van der Waals surface area contributed by atoms with Crippen LogP contribution in [0.15, 0.2) is 90.6 Å². The summed E-state index contributed by atoms with van der Waals surface area (Å²) in [6, 6.07) is 26.9. The number of nitrogens with two attached hydrogens (primary N) is 1. The molecule has 1 aliphatic rings. The first-order chi connectivity index (χ1) is 19.8. The maximum Gasteiger partial charge on any atom is 0.264 e. The lowest BCUT2D eigenvalue weighted by molar-refractivity contribution is -0.128. The molecule has 1 aromatic heterocycles. The van der Waals surface area contributed by atoms with Crippen molar-refractivity contribution in [2.24, 2.45) is 0 Å². The summed E-state index contributed by atoms with van der Waals surface area (Å²) in [7, 11) is 2.02. The van der Waals surface area contributed by atoms with Crippen LogP contribution in [0.4, 0.5) is 5.82 Å². The number of amides is 1. The van der Waals surface area contributed by atoms with Gasteiger partial charge >= 0.3 is 0 Å². The van der Waals surface area contributed by atoms with Gasteiger partial charge in [-0.15, -0.1) is 0 Å². The molecular formula is C33H32N6O2. The minimum Gasteiger partial charge on any atom is -0.457 e. The highest BCUT2D eigenvalue weighted by Gasteiger charge is 2.22. The lowest BCUT2D eigenvalue weighted by Gasteiger charge is -2.32. The Balaban J connectivity index is 1.44. The predicted octanol–water partition coefficient (Wildman–Crippen LogP) is 5.59. The molecule has 1 saturated heterocycles. The van der Waals surface area contributed by atoms with Crippen LogP contribution in [-0.4, -0.2) is 59.2 Å². The molecule has 8 nitrogen and oxygen atoms in total. The second-order valence-corrected chi connectivity index (χ2v) is 10.1. The lowest BCUT2D eigenvalue weighted by atomic mass is 10.0. The van der Waals surface area contributed by atoms with E-state index in [9.17, 15) is 10.1 Å². The summed E-state index contributed by atoms with van der Waals surface area (Å²) < 4.78 is 7.77. The maximum absolute atomic E-state index is 13.0. The molecule has 0 radical (unpaired) electrons. The maximum atomic E-state index is 13.0. The zero-order chi connectivity index (χ0) is 28.9. The molecule has 0 unspecified atom stereocenters. The van der Waals surface area contributed by atoms with E-state index in [-0.39, 0.29) is 11.5 Å². The van der Waals surface area contributed by atoms with Gasteiger partial charge in [-0.3, -0.25) is 4.79 Å². The number of likely N-dealkylation sites (N-methyl/N-ethyl adjacent to an activating group) is 1. The third-order valence-corrected chi connectivity index (χ3v) is 7.16. The molecule has 8 heteroatoms. The quantitative estimate of drug-likeness (QED) is 0.179. The molecule has 0 atom stereocenters. The van der Waals surface area contributed by atoms with Crippen molar-refractivity contribution in [2.45, 2.75) is 6.92 Å². The average Bonchev–Trinajstić information content (AvgIpc) is 3.34. The summed E-state index contributed by atoms with van der Waals surface area (Å²) in [5, 5.41) is 18.2. The molecule has 4 aromatic rings. The first-order valence-corrected chi connectivity index (χ1v) is 13.4. The van der Waals surface area contributed by atoms with Gasteiger partial charge in [0.05, 0.1) is 0 Å². The molecule has 41 heavy (non-hydrogen) atoms. The highest BCUT2D eigenvalue weighted by atomic mass is 16.5. The molecule has 3 N–H and O–H groups in total. The van der Waals surface area contributed by atoms with Gasteiger partial charge in [0.2, 0.25) is 0 Å². The number of carbonyl (C=O) groups is 1. The second kappa shape index (κ2) is 11.9. The van der Waals surface area contributed by atoms with Crippen molar-refractivity contribution in [1.82, 2.24) is 14.4 Å². The third-order valence-electron chi connectivity index (χ3n) is 7.16. The minimum atomic E-state index is -0.254. The number of piperazine rings is 1. The Morgan fingerprint density at radius 2 is 1.66 bits per heavy atom. The van der Waals surface area contributed by atoms with Crippen LogP contribution in [-0.2, 0) is 4.79 Å². The fourth-order valence-electron chi connectivity index (χ4n) is 4.93. The zero-order valence-electron chi connectivity index (χ0n) is 23.2. The fraction of sp³-hybridized carbons (Fsp3) is 0.182. The van der Waals surface area contributed by atoms with Crippen molar-refractivity contribution >= 4 is 23.5 Å². The Morgan fingerprint density at radius 3 is 2.32 bits per heavy atom. The monoisotopic (exact) mass is 544 g/mol. The van der Waals surface area contributed by atoms with Gasteiger partial charge in [0.25, 0.3) is 5.91 Å². The SMILES string of the molecule is CC(=N)c1c(-c2ccc(Oc3ccccc3)cc2)cn(-c2cccc(C=C(C#N)C(=O)N3CCN(C)CC3)c2)c1N. The summed E-state index contributed by atoms with van der Waals surface area (Å²) in [5.41, 5.74) is 10.9. The Bertz CT molecular complexity index is 1640. The van der Waals surface area contributed by atoms with E-state index < -0.39 is 0 Å². The van der Waals surface area contributed by atoms with Gasteiger partial charge in [0.15, 0.2) is 0 Å². The van der Waals surface area contributed by atoms with E-state index in [1.54, 1.807) is 17.9 Å². The van der Waals surface area contributed by atoms with Gasteiger partial charge in [0.1, 0.15) is 29.0 Å². The molecule has 5 rings (SSSR count). The molecule has 1 amide bonds. The van der Waals surface area contributed by atoms with Gasteiger partial charge in [-0.25, -0.2) is 0 Å². The second-order valence-electron chi connectivity index (χ2n) is 10.1. The van der Waals surface area contributed by atoms with Crippen LogP contribution in [0, 0.1) is 16.7 Å². The fourth-order valence-corrected chi connectivity index (χ4v) is 4.93. The summed E-state index contributed by atoms with van der Waals surface area (Å²) in [5.74, 6) is 1.65. The highest BCUT2D eigenvalue weighted by molar-refractivity contribution is 6.07. The van der Waals surface area contributed by atoms with Crippen molar-refractivity contribution in [3.05, 3.63) is 102 Å². The Kier molecular flexibility index (Phi) is 7.99. The number of hydrogen-bond acceptors (Lipinski definition) is 6. The molecule has 0 saturated carbocycles. The summed E-state index contributed by atoms with van der Waals surface area (Å²) in [6.07, 6.45) is 3.54. The van der Waals surface area contributed by atoms with Gasteiger partial charge in [-0.05, 0) is 67.6 Å². The van der Waals surface area contributed by atoms with Gasteiger partial charge in [-0.1, -0.05) is 42.5 Å². The number of anilines is 1. The number of benzene rings is 3. The minimum absolute atomic E-state index is 0.0988. The van der Waals surface area contributed by atoms with Crippen LogP contribution >= 0.6 is 0 Å². The van der Waals surface area contributed by atoms with Crippen molar-refractivity contribution in [3.63, 3.8) is 0 Å². The number of nitrogen functional groups attached to an aromatic ring is 1. The van der Waals surface area contributed by atoms with E-state index >= 15 is 0 Å². The number of aromatic nitrogens is 1. The Morgan fingerprint density at radius 1 is 0.976 bits per heavy atom. The van der Waals surface area contributed by atoms with Crippen LogP contribution in [0.3, 0.4) is 0 Å². The number of para-hydroxylation sites is 1. The van der Waals surface area contributed by atoms with Crippen molar-refractivity contribution in [1.29, 1.82) is 10.7 Å². The van der Waals surface area contributed by atoms with E-state index in [1.807, 2.05) is 96.7 Å². The van der Waals surface area contributed by atoms with Gasteiger partial charge in [0, 0.05) is 54.9 Å². The first-order valence-electron chi connectivity index (χ1n) is 13.4. The van der Waals surface area contributed by atoms with Crippen LogP contribution in [0.25, 0.3) is 22.9 Å². The molecule has 1 fully saturated rings. The van der Waals surface area contributed by atoms with Crippen molar-refractivity contribution < 1.29 is 9.53 Å². The van der Waals surface area contributed by atoms with Crippen molar-refractivity contribution in [2.75, 3.05) is 39.0 Å². The Hall–Kier alpha value is -5.13. The molecule has 3 aromatic carbocycles. The molecule has 206 valence electrons. The molecular weight excluding hydrogens is 512 g/mol. The predicted molar refractivity (Wildman–Crippen MR) is 162 cm³/mol. The van der Waals surface area contributed by atoms with Crippen LogP contribution in [0.5, 0.6) is 11.5 Å². The summed E-state index contributed by atoms with van der Waals surface area (Å²) in [4.78, 5) is 16.9. The number of carbonyl (C=O) groups excluding carboxylic acids is 1. The summed E-state index contributed by atoms with van der Waals surface area (Å²) >= 11 is 0. The smallest absolute Gasteiger partial charge is 0.264 e. The van der Waals surface area contributed by atoms with E-state index in [0.717, 1.165) is 35.7 Å². The van der Waals surface area contributed by atoms with E-state index in [1.165, 1.54) is 0 Å². The van der Waals surface area contributed by atoms with E-state index in [2.05, 4.69) is 11.0 Å². The first kappa shape index (κ1) is 27.4. The normalized spacial score (nSPS) is 14.0.